The zero-order valence-corrected chi connectivity index (χ0v) is 32.6. The van der Waals surface area contributed by atoms with Gasteiger partial charge in [0.05, 0.1) is 13.2 Å². The molecule has 0 radical (unpaired) electrons. The molecule has 51 heavy (non-hydrogen) atoms. The van der Waals surface area contributed by atoms with Gasteiger partial charge in [-0.2, -0.15) is 0 Å². The number of phosphoric ester groups is 1. The zero-order valence-electron chi connectivity index (χ0n) is 31.7. The van der Waals surface area contributed by atoms with Crippen LogP contribution in [0.15, 0.2) is 36.5 Å². The van der Waals surface area contributed by atoms with E-state index in [1.54, 1.807) is 0 Å². The standard InChI is InChI=1S/C39H70NO10P/c1-3-5-7-9-11-13-15-16-17-18-19-20-21-23-25-27-29-31-38(42)50-35(33-48-51(45,46)49-34-36(40)39(43)44)32-47-37(41)30-28-26-24-22-14-12-10-8-6-4-2/h8,10-11,13,16-17,35-36H,3-7,9,12,14-15,18-34,40H2,1-2H3,(H,43,44)(H,45,46)/b10-8-,13-11-,17-16-. The summed E-state index contributed by atoms with van der Waals surface area (Å²) in [6.45, 7) is 2.67. The fraction of sp³-hybridized carbons (Fsp3) is 0.769. The van der Waals surface area contributed by atoms with Crippen LogP contribution in [0.3, 0.4) is 0 Å². The normalized spacial score (nSPS) is 14.3. The number of aliphatic carboxylic acids is 1. The van der Waals surface area contributed by atoms with Crippen LogP contribution < -0.4 is 5.73 Å². The van der Waals surface area contributed by atoms with Gasteiger partial charge < -0.3 is 25.2 Å². The molecular formula is C39H70NO10P. The molecule has 11 nitrogen and oxygen atoms in total. The van der Waals surface area contributed by atoms with Crippen LogP contribution >= 0.6 is 7.82 Å². The third-order valence-corrected chi connectivity index (χ3v) is 9.04. The van der Waals surface area contributed by atoms with E-state index in [0.717, 1.165) is 83.5 Å². The molecule has 0 saturated heterocycles. The average molecular weight is 744 g/mol. The molecule has 0 saturated carbocycles. The van der Waals surface area contributed by atoms with Gasteiger partial charge in [0.2, 0.25) is 0 Å². The molecular weight excluding hydrogens is 673 g/mol. The van der Waals surface area contributed by atoms with Crippen molar-refractivity contribution >= 4 is 25.7 Å². The van der Waals surface area contributed by atoms with E-state index in [0.29, 0.717) is 12.8 Å². The number of carboxylic acid groups (broad SMARTS) is 1. The summed E-state index contributed by atoms with van der Waals surface area (Å²) in [6, 6.07) is -1.52. The van der Waals surface area contributed by atoms with Gasteiger partial charge in [0.25, 0.3) is 0 Å². The summed E-state index contributed by atoms with van der Waals surface area (Å²) in [5, 5.41) is 8.86. The molecule has 0 spiro atoms. The van der Waals surface area contributed by atoms with Gasteiger partial charge in [0.15, 0.2) is 6.10 Å². The monoisotopic (exact) mass is 743 g/mol. The lowest BCUT2D eigenvalue weighted by Gasteiger charge is -2.20. The van der Waals surface area contributed by atoms with E-state index in [1.807, 2.05) is 0 Å². The maximum absolute atomic E-state index is 12.6. The van der Waals surface area contributed by atoms with Gasteiger partial charge in [0, 0.05) is 12.8 Å². The van der Waals surface area contributed by atoms with Crippen LogP contribution in [0.2, 0.25) is 0 Å². The van der Waals surface area contributed by atoms with Crippen molar-refractivity contribution in [3.63, 3.8) is 0 Å². The molecule has 0 heterocycles. The van der Waals surface area contributed by atoms with E-state index in [1.165, 1.54) is 38.5 Å². The van der Waals surface area contributed by atoms with E-state index in [9.17, 15) is 23.8 Å². The minimum atomic E-state index is -4.71. The van der Waals surface area contributed by atoms with E-state index >= 15 is 0 Å². The molecule has 0 rings (SSSR count). The largest absolute Gasteiger partial charge is 0.480 e. The summed E-state index contributed by atoms with van der Waals surface area (Å²) < 4.78 is 32.5. The Hall–Kier alpha value is -2.30. The first-order chi connectivity index (χ1) is 24.6. The molecule has 0 amide bonds. The van der Waals surface area contributed by atoms with Crippen LogP contribution in [0.1, 0.15) is 162 Å². The summed E-state index contributed by atoms with van der Waals surface area (Å²) in [7, 11) is -4.71. The second-order valence-electron chi connectivity index (χ2n) is 13.1. The highest BCUT2D eigenvalue weighted by molar-refractivity contribution is 7.47. The van der Waals surface area contributed by atoms with Gasteiger partial charge in [-0.3, -0.25) is 23.4 Å². The molecule has 0 aromatic rings. The molecule has 0 aliphatic carbocycles. The molecule has 0 aliphatic rings. The fourth-order valence-electron chi connectivity index (χ4n) is 4.98. The van der Waals surface area contributed by atoms with Crippen LogP contribution in [0.5, 0.6) is 0 Å². The van der Waals surface area contributed by atoms with Crippen molar-refractivity contribution < 1.29 is 47.5 Å². The second-order valence-corrected chi connectivity index (χ2v) is 14.5. The Kier molecular flexibility index (Phi) is 33.2. The molecule has 4 N–H and O–H groups in total. The van der Waals surface area contributed by atoms with E-state index in [4.69, 9.17) is 24.8 Å². The number of ether oxygens (including phenoxy) is 2. The predicted molar refractivity (Wildman–Crippen MR) is 203 cm³/mol. The highest BCUT2D eigenvalue weighted by atomic mass is 31.2. The summed E-state index contributed by atoms with van der Waals surface area (Å²) in [4.78, 5) is 45.7. The topological polar surface area (TPSA) is 172 Å². The minimum Gasteiger partial charge on any atom is -0.480 e. The summed E-state index contributed by atoms with van der Waals surface area (Å²) >= 11 is 0. The van der Waals surface area contributed by atoms with Gasteiger partial charge in [-0.25, -0.2) is 4.57 Å². The Morgan fingerprint density at radius 3 is 1.63 bits per heavy atom. The number of carboxylic acids is 1. The Balaban J connectivity index is 4.42. The maximum atomic E-state index is 12.6. The number of rotatable bonds is 36. The van der Waals surface area contributed by atoms with Crippen LogP contribution in [0.25, 0.3) is 0 Å². The predicted octanol–water partition coefficient (Wildman–Crippen LogP) is 9.67. The molecule has 12 heteroatoms. The number of allylic oxidation sites excluding steroid dienone is 6. The molecule has 0 fully saturated rings. The highest BCUT2D eigenvalue weighted by Crippen LogP contribution is 2.43. The van der Waals surface area contributed by atoms with E-state index < -0.39 is 51.1 Å². The molecule has 0 aromatic carbocycles. The van der Waals surface area contributed by atoms with Gasteiger partial charge >= 0.3 is 25.7 Å². The molecule has 296 valence electrons. The number of carbonyl (C=O) groups excluding carboxylic acids is 2. The van der Waals surface area contributed by atoms with Crippen molar-refractivity contribution in [2.45, 2.75) is 174 Å². The minimum absolute atomic E-state index is 0.150. The number of phosphoric acid groups is 1. The lowest BCUT2D eigenvalue weighted by Crippen LogP contribution is -2.34. The van der Waals surface area contributed by atoms with Crippen molar-refractivity contribution in [1.29, 1.82) is 0 Å². The number of unbranched alkanes of at least 4 members (excludes halogenated alkanes) is 16. The van der Waals surface area contributed by atoms with Crippen LogP contribution in [-0.2, 0) is 37.5 Å². The van der Waals surface area contributed by atoms with Crippen LogP contribution in [0.4, 0.5) is 0 Å². The van der Waals surface area contributed by atoms with Gasteiger partial charge in [-0.1, -0.05) is 121 Å². The number of hydrogen-bond acceptors (Lipinski definition) is 9. The Morgan fingerprint density at radius 1 is 0.608 bits per heavy atom. The van der Waals surface area contributed by atoms with E-state index in [-0.39, 0.29) is 19.4 Å². The first-order valence-electron chi connectivity index (χ1n) is 19.5. The number of hydrogen-bond donors (Lipinski definition) is 3. The first-order valence-corrected chi connectivity index (χ1v) is 21.0. The second kappa shape index (κ2) is 34.8. The van der Waals surface area contributed by atoms with Crippen molar-refractivity contribution in [2.75, 3.05) is 19.8 Å². The molecule has 0 aliphatic heterocycles. The number of nitrogens with two attached hydrogens (primary N) is 1. The molecule has 3 atom stereocenters. The zero-order chi connectivity index (χ0) is 37.8. The lowest BCUT2D eigenvalue weighted by molar-refractivity contribution is -0.161. The number of carbonyl (C=O) groups is 3. The summed E-state index contributed by atoms with van der Waals surface area (Å²) in [6.07, 6.45) is 35.0. The lowest BCUT2D eigenvalue weighted by atomic mass is 10.1. The Morgan fingerprint density at radius 2 is 1.08 bits per heavy atom. The van der Waals surface area contributed by atoms with Crippen molar-refractivity contribution in [1.82, 2.24) is 0 Å². The van der Waals surface area contributed by atoms with Crippen LogP contribution in [-0.4, -0.2) is 59.9 Å². The van der Waals surface area contributed by atoms with Crippen LogP contribution in [0, 0.1) is 0 Å². The summed E-state index contributed by atoms with van der Waals surface area (Å²) in [5.41, 5.74) is 5.31. The fourth-order valence-corrected chi connectivity index (χ4v) is 5.76. The third-order valence-electron chi connectivity index (χ3n) is 8.09. The summed E-state index contributed by atoms with van der Waals surface area (Å²) in [5.74, 6) is -2.41. The first kappa shape index (κ1) is 48.7. The van der Waals surface area contributed by atoms with Crippen molar-refractivity contribution in [3.8, 4) is 0 Å². The van der Waals surface area contributed by atoms with E-state index in [2.05, 4.69) is 54.8 Å². The van der Waals surface area contributed by atoms with Gasteiger partial charge in [-0.05, 0) is 64.2 Å². The maximum Gasteiger partial charge on any atom is 0.472 e. The third kappa shape index (κ3) is 34.5. The highest BCUT2D eigenvalue weighted by Gasteiger charge is 2.28. The van der Waals surface area contributed by atoms with Gasteiger partial charge in [-0.15, -0.1) is 0 Å². The number of esters is 2. The molecule has 0 bridgehead atoms. The van der Waals surface area contributed by atoms with Crippen molar-refractivity contribution in [3.05, 3.63) is 36.5 Å². The molecule has 3 unspecified atom stereocenters. The molecule has 0 aromatic heterocycles. The SMILES string of the molecule is CCC/C=C\CCCCCCCC(=O)OCC(COP(=O)(O)OCC(N)C(=O)O)OC(=O)CCCCCCCCC/C=C\C/C=C\CCCCC. The quantitative estimate of drug-likeness (QED) is 0.0241. The Bertz CT molecular complexity index is 1020. The Labute approximate surface area is 308 Å². The van der Waals surface area contributed by atoms with Crippen molar-refractivity contribution in [2.24, 2.45) is 5.73 Å². The smallest absolute Gasteiger partial charge is 0.472 e. The average Bonchev–Trinajstić information content (AvgIpc) is 3.10. The van der Waals surface area contributed by atoms with Gasteiger partial charge in [0.1, 0.15) is 12.6 Å².